The van der Waals surface area contributed by atoms with Crippen LogP contribution < -0.4 is 5.32 Å². The van der Waals surface area contributed by atoms with Gasteiger partial charge in [-0.15, -0.1) is 0 Å². The van der Waals surface area contributed by atoms with Gasteiger partial charge < -0.3 is 15.0 Å². The molecule has 1 amide bonds. The second-order valence-electron chi connectivity index (χ2n) is 6.40. The third kappa shape index (κ3) is 4.63. The van der Waals surface area contributed by atoms with Gasteiger partial charge >= 0.3 is 5.97 Å². The SMILES string of the molecule is CCOC(=O)C1CCN(C(=O)/C(C#N)=C\Nc2c(C)cccc2C)CC1. The summed E-state index contributed by atoms with van der Waals surface area (Å²) in [5.74, 6) is -0.679. The minimum Gasteiger partial charge on any atom is -0.466 e. The summed E-state index contributed by atoms with van der Waals surface area (Å²) in [6.07, 6.45) is 2.59. The highest BCUT2D eigenvalue weighted by atomic mass is 16.5. The van der Waals surface area contributed by atoms with Crippen molar-refractivity contribution in [3.8, 4) is 6.07 Å². The number of anilines is 1. The third-order valence-electron chi connectivity index (χ3n) is 4.59. The summed E-state index contributed by atoms with van der Waals surface area (Å²) in [6.45, 7) is 6.98. The molecular weight excluding hydrogens is 330 g/mol. The maximum Gasteiger partial charge on any atom is 0.309 e. The Morgan fingerprint density at radius 1 is 1.31 bits per heavy atom. The molecule has 0 radical (unpaired) electrons. The molecule has 0 spiro atoms. The fourth-order valence-electron chi connectivity index (χ4n) is 3.08. The first-order chi connectivity index (χ1) is 12.5. The highest BCUT2D eigenvalue weighted by molar-refractivity contribution is 5.97. The van der Waals surface area contributed by atoms with Crippen LogP contribution in [0, 0.1) is 31.1 Å². The zero-order chi connectivity index (χ0) is 19.1. The van der Waals surface area contributed by atoms with Crippen molar-refractivity contribution in [2.45, 2.75) is 33.6 Å². The number of piperidine rings is 1. The smallest absolute Gasteiger partial charge is 0.309 e. The Bertz CT molecular complexity index is 721. The van der Waals surface area contributed by atoms with Crippen molar-refractivity contribution >= 4 is 17.6 Å². The maximum absolute atomic E-state index is 12.6. The molecule has 6 nitrogen and oxygen atoms in total. The lowest BCUT2D eigenvalue weighted by Gasteiger charge is -2.30. The zero-order valence-corrected chi connectivity index (χ0v) is 15.5. The van der Waals surface area contributed by atoms with Gasteiger partial charge in [0.1, 0.15) is 11.6 Å². The number of para-hydroxylation sites is 1. The molecule has 2 rings (SSSR count). The van der Waals surface area contributed by atoms with E-state index in [-0.39, 0.29) is 23.4 Å². The number of nitriles is 1. The molecule has 1 heterocycles. The topological polar surface area (TPSA) is 82.4 Å². The van der Waals surface area contributed by atoms with E-state index in [0.717, 1.165) is 16.8 Å². The number of hydrogen-bond donors (Lipinski definition) is 1. The summed E-state index contributed by atoms with van der Waals surface area (Å²) in [4.78, 5) is 26.0. The van der Waals surface area contributed by atoms with Crippen molar-refractivity contribution in [1.82, 2.24) is 4.90 Å². The molecule has 1 aromatic rings. The van der Waals surface area contributed by atoms with E-state index in [1.807, 2.05) is 38.1 Å². The van der Waals surface area contributed by atoms with Crippen molar-refractivity contribution in [3.63, 3.8) is 0 Å². The summed E-state index contributed by atoms with van der Waals surface area (Å²) >= 11 is 0. The number of benzene rings is 1. The summed E-state index contributed by atoms with van der Waals surface area (Å²) in [6, 6.07) is 7.88. The van der Waals surface area contributed by atoms with Crippen molar-refractivity contribution in [3.05, 3.63) is 41.1 Å². The van der Waals surface area contributed by atoms with E-state index < -0.39 is 0 Å². The molecule has 1 aromatic carbocycles. The lowest BCUT2D eigenvalue weighted by atomic mass is 9.96. The molecule has 0 bridgehead atoms. The van der Waals surface area contributed by atoms with E-state index in [2.05, 4.69) is 5.32 Å². The van der Waals surface area contributed by atoms with Gasteiger partial charge in [0.2, 0.25) is 0 Å². The molecule has 0 aromatic heterocycles. The van der Waals surface area contributed by atoms with Crippen LogP contribution in [0.5, 0.6) is 0 Å². The average Bonchev–Trinajstić information content (AvgIpc) is 2.64. The maximum atomic E-state index is 12.6. The lowest BCUT2D eigenvalue weighted by Crippen LogP contribution is -2.41. The van der Waals surface area contributed by atoms with E-state index >= 15 is 0 Å². The van der Waals surface area contributed by atoms with Gasteiger partial charge in [-0.05, 0) is 44.7 Å². The third-order valence-corrected chi connectivity index (χ3v) is 4.59. The largest absolute Gasteiger partial charge is 0.466 e. The normalized spacial score (nSPS) is 15.3. The number of nitrogens with one attached hydrogen (secondary N) is 1. The number of amides is 1. The van der Waals surface area contributed by atoms with Crippen LogP contribution in [-0.4, -0.2) is 36.5 Å². The van der Waals surface area contributed by atoms with Gasteiger partial charge in [0.25, 0.3) is 5.91 Å². The van der Waals surface area contributed by atoms with Gasteiger partial charge in [-0.1, -0.05) is 18.2 Å². The minimum atomic E-state index is -0.312. The van der Waals surface area contributed by atoms with Crippen LogP contribution in [0.2, 0.25) is 0 Å². The van der Waals surface area contributed by atoms with E-state index in [4.69, 9.17) is 4.74 Å². The van der Waals surface area contributed by atoms with Crippen molar-refractivity contribution < 1.29 is 14.3 Å². The molecule has 1 aliphatic rings. The highest BCUT2D eigenvalue weighted by Crippen LogP contribution is 2.22. The van der Waals surface area contributed by atoms with Crippen LogP contribution in [0.1, 0.15) is 30.9 Å². The highest BCUT2D eigenvalue weighted by Gasteiger charge is 2.29. The molecule has 1 saturated heterocycles. The second-order valence-corrected chi connectivity index (χ2v) is 6.40. The molecule has 1 fully saturated rings. The molecule has 1 aliphatic heterocycles. The number of nitrogens with zero attached hydrogens (tertiary/aromatic N) is 2. The standard InChI is InChI=1S/C20H25N3O3/c1-4-26-20(25)16-8-10-23(11-9-16)19(24)17(12-21)13-22-18-14(2)6-5-7-15(18)3/h5-7,13,16,22H,4,8-11H2,1-3H3/b17-13-. The number of likely N-dealkylation sites (tertiary alicyclic amines) is 1. The van der Waals surface area contributed by atoms with Crippen molar-refractivity contribution in [2.24, 2.45) is 5.92 Å². The molecule has 138 valence electrons. The fraction of sp³-hybridized carbons (Fsp3) is 0.450. The van der Waals surface area contributed by atoms with Crippen molar-refractivity contribution in [1.29, 1.82) is 5.26 Å². The number of rotatable bonds is 5. The zero-order valence-electron chi connectivity index (χ0n) is 15.5. The van der Waals surface area contributed by atoms with Crippen LogP contribution >= 0.6 is 0 Å². The van der Waals surface area contributed by atoms with Gasteiger partial charge in [-0.3, -0.25) is 9.59 Å². The van der Waals surface area contributed by atoms with Gasteiger partial charge in [0, 0.05) is 25.0 Å². The predicted octanol–water partition coefficient (Wildman–Crippen LogP) is 2.92. The Morgan fingerprint density at radius 2 is 1.92 bits per heavy atom. The molecule has 26 heavy (non-hydrogen) atoms. The van der Waals surface area contributed by atoms with Crippen LogP contribution in [0.3, 0.4) is 0 Å². The predicted molar refractivity (Wildman–Crippen MR) is 99.2 cm³/mol. The van der Waals surface area contributed by atoms with Crippen LogP contribution in [-0.2, 0) is 14.3 Å². The summed E-state index contributed by atoms with van der Waals surface area (Å²) in [5.41, 5.74) is 3.04. The number of aryl methyl sites for hydroxylation is 2. The first kappa shape index (κ1) is 19.5. The molecule has 0 atom stereocenters. The average molecular weight is 355 g/mol. The quantitative estimate of drug-likeness (QED) is 0.499. The molecule has 0 saturated carbocycles. The molecule has 0 aliphatic carbocycles. The number of hydrogen-bond acceptors (Lipinski definition) is 5. The first-order valence-corrected chi connectivity index (χ1v) is 8.86. The molecule has 6 heteroatoms. The number of carbonyl (C=O) groups excluding carboxylic acids is 2. The monoisotopic (exact) mass is 355 g/mol. The summed E-state index contributed by atoms with van der Waals surface area (Å²) < 4.78 is 5.04. The Morgan fingerprint density at radius 3 is 2.46 bits per heavy atom. The number of ether oxygens (including phenoxy) is 1. The Labute approximate surface area is 154 Å². The summed E-state index contributed by atoms with van der Waals surface area (Å²) in [5, 5.41) is 12.5. The minimum absolute atomic E-state index is 0.0576. The van der Waals surface area contributed by atoms with E-state index in [1.54, 1.807) is 11.8 Å². The van der Waals surface area contributed by atoms with Crippen LogP contribution in [0.15, 0.2) is 30.0 Å². The van der Waals surface area contributed by atoms with Gasteiger partial charge in [0.05, 0.1) is 12.5 Å². The molecule has 1 N–H and O–H groups in total. The Kier molecular flexibility index (Phi) is 6.79. The molecule has 0 unspecified atom stereocenters. The lowest BCUT2D eigenvalue weighted by molar-refractivity contribution is -0.150. The fourth-order valence-corrected chi connectivity index (χ4v) is 3.08. The number of carbonyl (C=O) groups is 2. The summed E-state index contributed by atoms with van der Waals surface area (Å²) in [7, 11) is 0. The van der Waals surface area contributed by atoms with Gasteiger partial charge in [-0.2, -0.15) is 5.26 Å². The van der Waals surface area contributed by atoms with Gasteiger partial charge in [-0.25, -0.2) is 0 Å². The van der Waals surface area contributed by atoms with E-state index in [1.165, 1.54) is 6.20 Å². The Hall–Kier alpha value is -2.81. The van der Waals surface area contributed by atoms with E-state index in [0.29, 0.717) is 32.5 Å². The number of esters is 1. The second kappa shape index (κ2) is 9.04. The molecular formula is C20H25N3O3. The first-order valence-electron chi connectivity index (χ1n) is 8.86. The van der Waals surface area contributed by atoms with Crippen molar-refractivity contribution in [2.75, 3.05) is 25.0 Å². The van der Waals surface area contributed by atoms with Crippen LogP contribution in [0.25, 0.3) is 0 Å². The van der Waals surface area contributed by atoms with Gasteiger partial charge in [0.15, 0.2) is 0 Å². The van der Waals surface area contributed by atoms with Crippen LogP contribution in [0.4, 0.5) is 5.69 Å². The van der Waals surface area contributed by atoms with E-state index in [9.17, 15) is 14.9 Å². The Balaban J connectivity index is 2.01.